The number of para-hydroxylation sites is 1. The molecular weight excluding hydrogens is 412 g/mol. The topological polar surface area (TPSA) is 90.2 Å². The summed E-state index contributed by atoms with van der Waals surface area (Å²) in [6, 6.07) is 24.2. The van der Waals surface area contributed by atoms with Gasteiger partial charge in [-0.3, -0.25) is 14.5 Å². The number of aliphatic imine (C=N–C) groups is 1. The van der Waals surface area contributed by atoms with Gasteiger partial charge in [0.25, 0.3) is 5.91 Å². The van der Waals surface area contributed by atoms with E-state index < -0.39 is 11.2 Å². The van der Waals surface area contributed by atoms with Crippen LogP contribution in [-0.4, -0.2) is 27.3 Å². The van der Waals surface area contributed by atoms with E-state index in [4.69, 9.17) is 0 Å². The second-order valence-electron chi connectivity index (χ2n) is 6.74. The van der Waals surface area contributed by atoms with Crippen molar-refractivity contribution in [2.45, 2.75) is 5.25 Å². The van der Waals surface area contributed by atoms with Crippen molar-refractivity contribution in [1.29, 1.82) is 0 Å². The summed E-state index contributed by atoms with van der Waals surface area (Å²) in [6.07, 6.45) is 1.61. The maximum Gasteiger partial charge on any atom is 0.321 e. The van der Waals surface area contributed by atoms with Gasteiger partial charge in [0.15, 0.2) is 5.17 Å². The Kier molecular flexibility index (Phi) is 5.86. The molecule has 0 saturated heterocycles. The first-order valence-corrected chi connectivity index (χ1v) is 10.3. The zero-order valence-corrected chi connectivity index (χ0v) is 17.1. The number of phenols is 1. The number of anilines is 1. The third-order valence-electron chi connectivity index (χ3n) is 4.59. The van der Waals surface area contributed by atoms with E-state index in [0.717, 1.165) is 11.8 Å². The Hall–Kier alpha value is -3.84. The molecule has 31 heavy (non-hydrogen) atoms. The highest BCUT2D eigenvalue weighted by molar-refractivity contribution is 8.15. The Morgan fingerprint density at radius 2 is 1.55 bits per heavy atom. The number of benzene rings is 3. The van der Waals surface area contributed by atoms with Crippen LogP contribution in [0.2, 0.25) is 0 Å². The third kappa shape index (κ3) is 4.51. The molecule has 7 heteroatoms. The van der Waals surface area contributed by atoms with Crippen LogP contribution in [0, 0.1) is 0 Å². The van der Waals surface area contributed by atoms with Crippen LogP contribution < -0.4 is 4.90 Å². The number of carboxylic acid groups (broad SMARTS) is 1. The van der Waals surface area contributed by atoms with E-state index in [1.165, 1.54) is 17.0 Å². The molecule has 0 aliphatic carbocycles. The zero-order chi connectivity index (χ0) is 21.8. The molecule has 0 fully saturated rings. The highest BCUT2D eigenvalue weighted by Crippen LogP contribution is 2.37. The van der Waals surface area contributed by atoms with E-state index in [1.54, 1.807) is 66.7 Å². The van der Waals surface area contributed by atoms with Gasteiger partial charge in [0.1, 0.15) is 16.7 Å². The lowest BCUT2D eigenvalue weighted by atomic mass is 10.1. The number of thioether (sulfide) groups is 1. The standard InChI is InChI=1S/C24H18N2O4S/c27-19-13-11-16(12-14-19)15-20-22(28)26(18-9-5-2-6-10-18)24(25-20)31-21(23(29)30)17-7-3-1-4-8-17/h1-15,21,27H,(H,29,30)/b20-15-. The maximum absolute atomic E-state index is 13.2. The highest BCUT2D eigenvalue weighted by Gasteiger charge is 2.35. The van der Waals surface area contributed by atoms with Gasteiger partial charge in [0.05, 0.1) is 5.69 Å². The largest absolute Gasteiger partial charge is 0.508 e. The van der Waals surface area contributed by atoms with Gasteiger partial charge in [0.2, 0.25) is 0 Å². The Bertz CT molecular complexity index is 1160. The van der Waals surface area contributed by atoms with Crippen LogP contribution in [0.5, 0.6) is 5.75 Å². The second-order valence-corrected chi connectivity index (χ2v) is 7.81. The quantitative estimate of drug-likeness (QED) is 0.573. The van der Waals surface area contributed by atoms with Crippen molar-refractivity contribution in [3.05, 3.63) is 102 Å². The van der Waals surface area contributed by atoms with Gasteiger partial charge in [-0.2, -0.15) is 0 Å². The molecule has 0 aromatic heterocycles. The van der Waals surface area contributed by atoms with Crippen LogP contribution in [0.3, 0.4) is 0 Å². The normalized spacial score (nSPS) is 15.7. The van der Waals surface area contributed by atoms with Gasteiger partial charge in [-0.25, -0.2) is 4.99 Å². The summed E-state index contributed by atoms with van der Waals surface area (Å²) in [5.41, 5.74) is 2.10. The molecular formula is C24H18N2O4S. The molecule has 0 spiro atoms. The monoisotopic (exact) mass is 430 g/mol. The minimum absolute atomic E-state index is 0.123. The fourth-order valence-corrected chi connectivity index (χ4v) is 4.15. The van der Waals surface area contributed by atoms with Crippen LogP contribution in [-0.2, 0) is 9.59 Å². The van der Waals surface area contributed by atoms with Gasteiger partial charge in [-0.15, -0.1) is 0 Å². The number of aliphatic carboxylic acids is 1. The summed E-state index contributed by atoms with van der Waals surface area (Å²) in [5.74, 6) is -1.24. The summed E-state index contributed by atoms with van der Waals surface area (Å²) in [6.45, 7) is 0. The van der Waals surface area contributed by atoms with Gasteiger partial charge in [-0.1, -0.05) is 72.4 Å². The molecule has 6 nitrogen and oxygen atoms in total. The van der Waals surface area contributed by atoms with Crippen molar-refractivity contribution in [3.63, 3.8) is 0 Å². The predicted octanol–water partition coefficient (Wildman–Crippen LogP) is 4.70. The summed E-state index contributed by atoms with van der Waals surface area (Å²) >= 11 is 1.01. The SMILES string of the molecule is O=C(O)C(SC1=N/C(=C\c2ccc(O)cc2)C(=O)N1c1ccccc1)c1ccccc1. The summed E-state index contributed by atoms with van der Waals surface area (Å²) in [5, 5.41) is 18.7. The van der Waals surface area contributed by atoms with Crippen LogP contribution in [0.15, 0.2) is 95.6 Å². The van der Waals surface area contributed by atoms with Crippen LogP contribution in [0.4, 0.5) is 5.69 Å². The smallest absolute Gasteiger partial charge is 0.321 e. The molecule has 4 rings (SSSR count). The van der Waals surface area contributed by atoms with Crippen LogP contribution >= 0.6 is 11.8 Å². The number of carboxylic acids is 1. The van der Waals surface area contributed by atoms with Crippen molar-refractivity contribution >= 4 is 40.6 Å². The molecule has 1 aliphatic heterocycles. The molecule has 0 saturated carbocycles. The van der Waals surface area contributed by atoms with Crippen LogP contribution in [0.25, 0.3) is 6.08 Å². The van der Waals surface area contributed by atoms with E-state index in [2.05, 4.69) is 4.99 Å². The van der Waals surface area contributed by atoms with Gasteiger partial charge >= 0.3 is 5.97 Å². The van der Waals surface area contributed by atoms with Crippen molar-refractivity contribution in [2.24, 2.45) is 4.99 Å². The lowest BCUT2D eigenvalue weighted by Crippen LogP contribution is -2.31. The third-order valence-corrected chi connectivity index (χ3v) is 5.78. The predicted molar refractivity (Wildman–Crippen MR) is 122 cm³/mol. The summed E-state index contributed by atoms with van der Waals surface area (Å²) in [7, 11) is 0. The maximum atomic E-state index is 13.2. The number of hydrogen-bond acceptors (Lipinski definition) is 5. The lowest BCUT2D eigenvalue weighted by Gasteiger charge is -2.20. The number of carbonyl (C=O) groups excluding carboxylic acids is 1. The number of aromatic hydroxyl groups is 1. The molecule has 1 aliphatic rings. The number of rotatable bonds is 5. The van der Waals surface area contributed by atoms with Crippen molar-refractivity contribution < 1.29 is 19.8 Å². The van der Waals surface area contributed by atoms with Gasteiger partial charge in [-0.05, 0) is 41.5 Å². The fraction of sp³-hybridized carbons (Fsp3) is 0.0417. The van der Waals surface area contributed by atoms with Gasteiger partial charge < -0.3 is 10.2 Å². The number of carbonyl (C=O) groups is 2. The Morgan fingerprint density at radius 1 is 0.935 bits per heavy atom. The number of hydrogen-bond donors (Lipinski definition) is 2. The number of nitrogens with zero attached hydrogens (tertiary/aromatic N) is 2. The zero-order valence-electron chi connectivity index (χ0n) is 16.3. The number of phenolic OH excluding ortho intramolecular Hbond substituents is 1. The average molecular weight is 430 g/mol. The fourth-order valence-electron chi connectivity index (χ4n) is 3.10. The molecule has 0 bridgehead atoms. The summed E-state index contributed by atoms with van der Waals surface area (Å²) < 4.78 is 0. The molecule has 1 unspecified atom stereocenters. The first-order chi connectivity index (χ1) is 15.0. The minimum Gasteiger partial charge on any atom is -0.508 e. The number of amidine groups is 1. The Balaban J connectivity index is 1.74. The molecule has 1 atom stereocenters. The van der Waals surface area contributed by atoms with E-state index in [9.17, 15) is 19.8 Å². The van der Waals surface area contributed by atoms with E-state index in [0.29, 0.717) is 16.8 Å². The van der Waals surface area contributed by atoms with Gasteiger partial charge in [0, 0.05) is 0 Å². The first kappa shape index (κ1) is 20.4. The summed E-state index contributed by atoms with van der Waals surface area (Å²) in [4.78, 5) is 31.1. The van der Waals surface area contributed by atoms with Crippen molar-refractivity contribution in [1.82, 2.24) is 0 Å². The van der Waals surface area contributed by atoms with Crippen LogP contribution in [0.1, 0.15) is 16.4 Å². The second kappa shape index (κ2) is 8.89. The lowest BCUT2D eigenvalue weighted by molar-refractivity contribution is -0.136. The molecule has 1 heterocycles. The Labute approximate surface area is 183 Å². The first-order valence-electron chi connectivity index (χ1n) is 9.46. The molecule has 154 valence electrons. The van der Waals surface area contributed by atoms with E-state index in [-0.39, 0.29) is 22.5 Å². The minimum atomic E-state index is -1.02. The average Bonchev–Trinajstić information content (AvgIpc) is 3.09. The number of amides is 1. The van der Waals surface area contributed by atoms with E-state index >= 15 is 0 Å². The Morgan fingerprint density at radius 3 is 2.16 bits per heavy atom. The molecule has 3 aromatic rings. The molecule has 1 amide bonds. The van der Waals surface area contributed by atoms with E-state index in [1.807, 2.05) is 12.1 Å². The molecule has 2 N–H and O–H groups in total. The van der Waals surface area contributed by atoms with Crippen molar-refractivity contribution in [3.8, 4) is 5.75 Å². The molecule has 3 aromatic carbocycles. The molecule has 0 radical (unpaired) electrons. The van der Waals surface area contributed by atoms with Crippen molar-refractivity contribution in [2.75, 3.05) is 4.90 Å². The highest BCUT2D eigenvalue weighted by atomic mass is 32.2.